The number of nitrogens with zero attached hydrogens (tertiary/aromatic N) is 5. The topological polar surface area (TPSA) is 66.9 Å². The van der Waals surface area contributed by atoms with E-state index in [2.05, 4.69) is 43.0 Å². The first-order chi connectivity index (χ1) is 16.8. The van der Waals surface area contributed by atoms with E-state index >= 15 is 0 Å². The second-order valence-corrected chi connectivity index (χ2v) is 9.15. The first kappa shape index (κ1) is 23.7. The molecule has 7 nitrogen and oxygen atoms in total. The van der Waals surface area contributed by atoms with Gasteiger partial charge in [-0.25, -0.2) is 9.50 Å². The molecule has 11 heteroatoms. The maximum atomic E-state index is 13.8. The van der Waals surface area contributed by atoms with Gasteiger partial charge in [0.15, 0.2) is 22.9 Å². The van der Waals surface area contributed by atoms with Crippen LogP contribution in [0.3, 0.4) is 0 Å². The highest BCUT2D eigenvalue weighted by molar-refractivity contribution is 9.10. The number of fused-ring (bicyclic) bond motifs is 1. The Bertz CT molecular complexity index is 1330. The van der Waals surface area contributed by atoms with Crippen LogP contribution >= 0.6 is 15.9 Å². The molecule has 1 aliphatic heterocycles. The van der Waals surface area contributed by atoms with Crippen molar-refractivity contribution in [3.8, 4) is 11.5 Å². The Morgan fingerprint density at radius 1 is 1.03 bits per heavy atom. The van der Waals surface area contributed by atoms with Gasteiger partial charge in [-0.2, -0.15) is 18.3 Å². The summed E-state index contributed by atoms with van der Waals surface area (Å²) in [6.07, 6.45) is -3.35. The third-order valence-corrected chi connectivity index (χ3v) is 6.67. The predicted molar refractivity (Wildman–Crippen MR) is 126 cm³/mol. The molecule has 1 saturated heterocycles. The van der Waals surface area contributed by atoms with Gasteiger partial charge in [-0.1, -0.05) is 30.3 Å². The summed E-state index contributed by atoms with van der Waals surface area (Å²) in [7, 11) is 0. The summed E-state index contributed by atoms with van der Waals surface area (Å²) < 4.78 is 47.5. The van der Waals surface area contributed by atoms with Gasteiger partial charge in [0.2, 0.25) is 0 Å². The molecular weight excluding hydrogens is 527 g/mol. The van der Waals surface area contributed by atoms with Crippen molar-refractivity contribution in [2.45, 2.75) is 12.7 Å². The largest absolute Gasteiger partial charge is 0.463 e. The van der Waals surface area contributed by atoms with Crippen LogP contribution in [-0.2, 0) is 12.7 Å². The van der Waals surface area contributed by atoms with Crippen molar-refractivity contribution in [2.75, 3.05) is 32.7 Å². The lowest BCUT2D eigenvalue weighted by Crippen LogP contribution is -2.47. The molecule has 4 aromatic rings. The standard InChI is InChI=1S/C24H21BrF3N5O2/c25-21-22(18(34)15-32-10-8-31(9-11-32)14-16-5-2-1-3-6-16)30-33-20(24(26,27)28)13-17(29-23(21)33)19-7-4-12-35-19/h1-7,12-13H,8-11,14-15H2. The van der Waals surface area contributed by atoms with E-state index in [9.17, 15) is 18.0 Å². The Labute approximate surface area is 207 Å². The lowest BCUT2D eigenvalue weighted by Gasteiger charge is -2.34. The number of Topliss-reactive ketones (excluding diaryl/α,β-unsaturated/α-hetero) is 1. The SMILES string of the molecule is O=C(CN1CCN(Cc2ccccc2)CC1)c1nn2c(C(F)(F)F)cc(-c3ccco3)nc2c1Br. The van der Waals surface area contributed by atoms with Crippen molar-refractivity contribution in [1.29, 1.82) is 0 Å². The van der Waals surface area contributed by atoms with Crippen molar-refractivity contribution in [3.63, 3.8) is 0 Å². The smallest absolute Gasteiger partial charge is 0.433 e. The first-order valence-corrected chi connectivity index (χ1v) is 11.8. The van der Waals surface area contributed by atoms with Crippen LogP contribution in [0.2, 0.25) is 0 Å². The number of carbonyl (C=O) groups excluding carboxylic acids is 1. The molecule has 0 saturated carbocycles. The number of benzene rings is 1. The Hall–Kier alpha value is -3.02. The van der Waals surface area contributed by atoms with Gasteiger partial charge in [0, 0.05) is 32.7 Å². The highest BCUT2D eigenvalue weighted by Gasteiger charge is 2.37. The van der Waals surface area contributed by atoms with Gasteiger partial charge in [0.1, 0.15) is 11.4 Å². The summed E-state index contributed by atoms with van der Waals surface area (Å²) in [6.45, 7) is 3.84. The minimum absolute atomic E-state index is 0.00367. The summed E-state index contributed by atoms with van der Waals surface area (Å²) in [5.74, 6) is -0.182. The highest BCUT2D eigenvalue weighted by atomic mass is 79.9. The molecular formula is C24H21BrF3N5O2. The van der Waals surface area contributed by atoms with Crippen molar-refractivity contribution in [1.82, 2.24) is 24.4 Å². The number of alkyl halides is 3. The molecule has 0 bridgehead atoms. The van der Waals surface area contributed by atoms with Crippen LogP contribution in [0.1, 0.15) is 21.7 Å². The first-order valence-electron chi connectivity index (χ1n) is 11.0. The zero-order valence-corrected chi connectivity index (χ0v) is 20.1. The van der Waals surface area contributed by atoms with Crippen LogP contribution in [0, 0.1) is 0 Å². The number of halogens is 4. The zero-order valence-electron chi connectivity index (χ0n) is 18.5. The van der Waals surface area contributed by atoms with Crippen molar-refractivity contribution < 1.29 is 22.4 Å². The van der Waals surface area contributed by atoms with Crippen LogP contribution < -0.4 is 0 Å². The molecule has 4 heterocycles. The number of furan rings is 1. The zero-order chi connectivity index (χ0) is 24.6. The van der Waals surface area contributed by atoms with Gasteiger partial charge < -0.3 is 4.42 Å². The molecule has 5 rings (SSSR count). The highest BCUT2D eigenvalue weighted by Crippen LogP contribution is 2.34. The van der Waals surface area contributed by atoms with Crippen LogP contribution in [0.15, 0.2) is 63.7 Å². The predicted octanol–water partition coefficient (Wildman–Crippen LogP) is 4.77. The third kappa shape index (κ3) is 5.02. The average Bonchev–Trinajstić information content (AvgIpc) is 3.48. The molecule has 0 atom stereocenters. The molecule has 0 unspecified atom stereocenters. The minimum atomic E-state index is -4.70. The van der Waals surface area contributed by atoms with E-state index in [0.717, 1.165) is 25.7 Å². The molecule has 1 aliphatic rings. The van der Waals surface area contributed by atoms with E-state index in [1.807, 2.05) is 23.1 Å². The summed E-state index contributed by atoms with van der Waals surface area (Å²) in [5.41, 5.74) is 0.0215. The van der Waals surface area contributed by atoms with E-state index in [0.29, 0.717) is 17.6 Å². The minimum Gasteiger partial charge on any atom is -0.463 e. The second-order valence-electron chi connectivity index (χ2n) is 8.36. The lowest BCUT2D eigenvalue weighted by molar-refractivity contribution is -0.142. The molecule has 3 aromatic heterocycles. The van der Waals surface area contributed by atoms with Crippen molar-refractivity contribution in [2.24, 2.45) is 0 Å². The van der Waals surface area contributed by atoms with Crippen LogP contribution in [0.25, 0.3) is 17.1 Å². The molecule has 0 aliphatic carbocycles. The van der Waals surface area contributed by atoms with Gasteiger partial charge in [-0.3, -0.25) is 14.6 Å². The van der Waals surface area contributed by atoms with Crippen LogP contribution in [0.5, 0.6) is 0 Å². The molecule has 0 N–H and O–H groups in total. The van der Waals surface area contributed by atoms with E-state index in [4.69, 9.17) is 4.42 Å². The molecule has 0 spiro atoms. The number of piperazine rings is 1. The molecule has 182 valence electrons. The Morgan fingerprint density at radius 3 is 2.40 bits per heavy atom. The normalized spacial score (nSPS) is 15.7. The third-order valence-electron chi connectivity index (χ3n) is 5.94. The van der Waals surface area contributed by atoms with Gasteiger partial charge in [-0.15, -0.1) is 0 Å². The monoisotopic (exact) mass is 547 g/mol. The van der Waals surface area contributed by atoms with Crippen molar-refractivity contribution >= 4 is 27.4 Å². The van der Waals surface area contributed by atoms with E-state index in [1.165, 1.54) is 17.9 Å². The fourth-order valence-corrected chi connectivity index (χ4v) is 4.70. The number of aromatic nitrogens is 3. The maximum absolute atomic E-state index is 13.8. The fourth-order valence-electron chi connectivity index (χ4n) is 4.15. The molecule has 1 aromatic carbocycles. The average molecular weight is 548 g/mol. The number of ketones is 1. The fraction of sp³-hybridized carbons (Fsp3) is 0.292. The number of rotatable bonds is 6. The van der Waals surface area contributed by atoms with Gasteiger partial charge in [0.25, 0.3) is 0 Å². The Kier molecular flexibility index (Phi) is 6.47. The summed E-state index contributed by atoms with van der Waals surface area (Å²) >= 11 is 3.27. The maximum Gasteiger partial charge on any atom is 0.433 e. The van der Waals surface area contributed by atoms with Crippen LogP contribution in [-0.4, -0.2) is 62.9 Å². The number of carbonyl (C=O) groups is 1. The quantitative estimate of drug-likeness (QED) is 0.324. The van der Waals surface area contributed by atoms with Gasteiger partial charge in [-0.05, 0) is 39.7 Å². The molecule has 0 amide bonds. The molecule has 35 heavy (non-hydrogen) atoms. The van der Waals surface area contributed by atoms with Gasteiger partial charge in [0.05, 0.1) is 17.3 Å². The molecule has 1 fully saturated rings. The lowest BCUT2D eigenvalue weighted by atomic mass is 10.2. The van der Waals surface area contributed by atoms with Gasteiger partial charge >= 0.3 is 6.18 Å². The van der Waals surface area contributed by atoms with E-state index in [1.54, 1.807) is 6.07 Å². The van der Waals surface area contributed by atoms with Crippen LogP contribution in [0.4, 0.5) is 13.2 Å². The van der Waals surface area contributed by atoms with E-state index in [-0.39, 0.29) is 39.6 Å². The number of hydrogen-bond acceptors (Lipinski definition) is 6. The number of hydrogen-bond donors (Lipinski definition) is 0. The summed E-state index contributed by atoms with van der Waals surface area (Å²) in [4.78, 5) is 21.6. The second kappa shape index (κ2) is 9.56. The van der Waals surface area contributed by atoms with E-state index < -0.39 is 11.9 Å². The summed E-state index contributed by atoms with van der Waals surface area (Å²) in [5, 5.41) is 4.01. The Balaban J connectivity index is 1.34. The summed E-state index contributed by atoms with van der Waals surface area (Å²) in [6, 6.07) is 14.1. The molecule has 0 radical (unpaired) electrons. The van der Waals surface area contributed by atoms with Crippen molar-refractivity contribution in [3.05, 3.63) is 76.2 Å². The Morgan fingerprint density at radius 2 is 1.74 bits per heavy atom.